The highest BCUT2D eigenvalue weighted by molar-refractivity contribution is 7.93. The van der Waals surface area contributed by atoms with Gasteiger partial charge in [-0.05, 0) is 19.9 Å². The molecule has 6 nitrogen and oxygen atoms in total. The number of sulfonamides is 1. The molecule has 1 aliphatic rings. The van der Waals surface area contributed by atoms with Crippen molar-refractivity contribution < 1.29 is 21.9 Å². The zero-order chi connectivity index (χ0) is 18.9. The first-order valence-corrected chi connectivity index (χ1v) is 10.1. The zero-order valence-corrected chi connectivity index (χ0v) is 15.7. The molecule has 0 fully saturated rings. The van der Waals surface area contributed by atoms with Crippen LogP contribution in [-0.4, -0.2) is 32.6 Å². The van der Waals surface area contributed by atoms with E-state index in [0.29, 0.717) is 6.54 Å². The number of hydrogen-bond acceptors (Lipinski definition) is 6. The first-order chi connectivity index (χ1) is 12.3. The fourth-order valence-corrected chi connectivity index (χ4v) is 4.55. The average Bonchev–Trinajstić information content (AvgIpc) is 3.04. The van der Waals surface area contributed by atoms with E-state index in [1.807, 2.05) is 13.0 Å². The third-order valence-electron chi connectivity index (χ3n) is 3.79. The zero-order valence-electron chi connectivity index (χ0n) is 14.0. The van der Waals surface area contributed by atoms with Crippen LogP contribution in [0.4, 0.5) is 13.9 Å². The minimum atomic E-state index is -4.46. The van der Waals surface area contributed by atoms with Crippen LogP contribution in [0.5, 0.6) is 5.75 Å². The topological polar surface area (TPSA) is 80.3 Å². The Labute approximate surface area is 154 Å². The molecule has 3 rings (SSSR count). The molecule has 2 N–H and O–H groups in total. The largest absolute Gasteiger partial charge is 0.485 e. The van der Waals surface area contributed by atoms with Gasteiger partial charge in [-0.15, -0.1) is 11.3 Å². The van der Waals surface area contributed by atoms with E-state index in [1.165, 1.54) is 13.1 Å². The van der Waals surface area contributed by atoms with Gasteiger partial charge in [-0.2, -0.15) is 0 Å². The van der Waals surface area contributed by atoms with Gasteiger partial charge in [-0.3, -0.25) is 4.72 Å². The molecule has 1 unspecified atom stereocenters. The maximum absolute atomic E-state index is 14.7. The van der Waals surface area contributed by atoms with E-state index in [1.54, 1.807) is 5.38 Å². The number of benzene rings is 1. The molecular formula is C16H17F2N3O3S2. The van der Waals surface area contributed by atoms with Gasteiger partial charge in [0.1, 0.15) is 17.7 Å². The number of thiazole rings is 1. The predicted octanol–water partition coefficient (Wildman–Crippen LogP) is 2.83. The molecule has 0 radical (unpaired) electrons. The molecule has 0 aliphatic carbocycles. The lowest BCUT2D eigenvalue weighted by molar-refractivity contribution is 0.234. The normalized spacial score (nSPS) is 17.7. The predicted molar refractivity (Wildman–Crippen MR) is 95.1 cm³/mol. The van der Waals surface area contributed by atoms with Crippen molar-refractivity contribution in [2.45, 2.75) is 24.8 Å². The Bertz CT molecular complexity index is 944. The van der Waals surface area contributed by atoms with Crippen molar-refractivity contribution in [2.75, 3.05) is 17.8 Å². The van der Waals surface area contributed by atoms with Gasteiger partial charge < -0.3 is 10.1 Å². The van der Waals surface area contributed by atoms with Gasteiger partial charge in [0.05, 0.1) is 0 Å². The molecule has 2 heterocycles. The van der Waals surface area contributed by atoms with Crippen molar-refractivity contribution in [3.63, 3.8) is 0 Å². The van der Waals surface area contributed by atoms with E-state index < -0.39 is 32.7 Å². The summed E-state index contributed by atoms with van der Waals surface area (Å²) in [4.78, 5) is 2.71. The average molecular weight is 401 g/mol. The van der Waals surface area contributed by atoms with Crippen molar-refractivity contribution >= 4 is 26.5 Å². The molecule has 0 saturated carbocycles. The fourth-order valence-electron chi connectivity index (χ4n) is 2.57. The van der Waals surface area contributed by atoms with E-state index >= 15 is 0 Å². The van der Waals surface area contributed by atoms with Gasteiger partial charge in [-0.25, -0.2) is 22.2 Å². The summed E-state index contributed by atoms with van der Waals surface area (Å²) in [5.74, 6) is -2.45. The number of nitrogens with zero attached hydrogens (tertiary/aromatic N) is 1. The van der Waals surface area contributed by atoms with E-state index in [9.17, 15) is 17.2 Å². The molecular weight excluding hydrogens is 384 g/mol. The summed E-state index contributed by atoms with van der Waals surface area (Å²) in [5.41, 5.74) is 0.967. The van der Waals surface area contributed by atoms with Crippen molar-refractivity contribution in [3.05, 3.63) is 46.5 Å². The summed E-state index contributed by atoms with van der Waals surface area (Å²) < 4.78 is 61.6. The van der Waals surface area contributed by atoms with E-state index in [2.05, 4.69) is 15.0 Å². The number of anilines is 1. The van der Waals surface area contributed by atoms with Crippen LogP contribution in [0.1, 0.15) is 12.5 Å². The van der Waals surface area contributed by atoms with Crippen molar-refractivity contribution in [1.29, 1.82) is 0 Å². The van der Waals surface area contributed by atoms with Crippen molar-refractivity contribution in [1.82, 2.24) is 10.3 Å². The molecule has 0 spiro atoms. The van der Waals surface area contributed by atoms with Gasteiger partial charge >= 0.3 is 0 Å². The molecule has 140 valence electrons. The molecule has 26 heavy (non-hydrogen) atoms. The van der Waals surface area contributed by atoms with Crippen LogP contribution in [0.2, 0.25) is 0 Å². The number of halogens is 2. The molecule has 1 aromatic carbocycles. The lowest BCUT2D eigenvalue weighted by atomic mass is 10.1. The summed E-state index contributed by atoms with van der Waals surface area (Å²) in [6.45, 7) is 4.47. The summed E-state index contributed by atoms with van der Waals surface area (Å²) in [7, 11) is -4.46. The van der Waals surface area contributed by atoms with Crippen LogP contribution in [0, 0.1) is 18.6 Å². The van der Waals surface area contributed by atoms with Crippen LogP contribution >= 0.6 is 11.3 Å². The van der Waals surface area contributed by atoms with Crippen LogP contribution in [0.3, 0.4) is 0 Å². The SMILES string of the molecule is CC1=CC(Oc2cc(F)c(S(=O)(=O)Nc3nccs3)c(F)c2C)CNC1. The minimum Gasteiger partial charge on any atom is -0.485 e. The van der Waals surface area contributed by atoms with Gasteiger partial charge in [0.25, 0.3) is 10.0 Å². The van der Waals surface area contributed by atoms with Crippen molar-refractivity contribution in [2.24, 2.45) is 0 Å². The Morgan fingerprint density at radius 1 is 1.38 bits per heavy atom. The first-order valence-electron chi connectivity index (χ1n) is 7.73. The quantitative estimate of drug-likeness (QED) is 0.753. The van der Waals surface area contributed by atoms with E-state index in [-0.39, 0.29) is 16.4 Å². The van der Waals surface area contributed by atoms with Gasteiger partial charge in [0, 0.05) is 36.3 Å². The highest BCUT2D eigenvalue weighted by Gasteiger charge is 2.29. The summed E-state index contributed by atoms with van der Waals surface area (Å²) in [6.07, 6.45) is 2.85. The molecule has 0 amide bonds. The van der Waals surface area contributed by atoms with E-state index in [4.69, 9.17) is 4.74 Å². The number of nitrogens with one attached hydrogen (secondary N) is 2. The summed E-state index contributed by atoms with van der Waals surface area (Å²) in [5, 5.41) is 4.69. The first kappa shape index (κ1) is 18.7. The second-order valence-corrected chi connectivity index (χ2v) is 8.38. The lowest BCUT2D eigenvalue weighted by Gasteiger charge is -2.23. The van der Waals surface area contributed by atoms with Crippen LogP contribution in [-0.2, 0) is 10.0 Å². The molecule has 1 atom stereocenters. The summed E-state index contributed by atoms with van der Waals surface area (Å²) in [6, 6.07) is 0.895. The molecule has 1 aliphatic heterocycles. The van der Waals surface area contributed by atoms with Crippen LogP contribution in [0.15, 0.2) is 34.2 Å². The molecule has 0 saturated heterocycles. The Kier molecular flexibility index (Phi) is 5.26. The second kappa shape index (κ2) is 7.29. The Morgan fingerprint density at radius 2 is 2.15 bits per heavy atom. The Balaban J connectivity index is 1.94. The van der Waals surface area contributed by atoms with Gasteiger partial charge in [0.15, 0.2) is 15.8 Å². The number of aromatic nitrogens is 1. The standard InChI is InChI=1S/C16H17F2N3O3S2/c1-9-5-11(8-19-7-9)24-13-6-12(17)15(14(18)10(13)2)26(22,23)21-16-20-3-4-25-16/h3-6,11,19H,7-8H2,1-2H3,(H,20,21). The molecule has 1 aromatic heterocycles. The smallest absolute Gasteiger partial charge is 0.269 e. The number of ether oxygens (including phenoxy) is 1. The highest BCUT2D eigenvalue weighted by atomic mass is 32.2. The third kappa shape index (κ3) is 3.87. The molecule has 2 aromatic rings. The summed E-state index contributed by atoms with van der Waals surface area (Å²) >= 11 is 1.00. The van der Waals surface area contributed by atoms with Crippen molar-refractivity contribution in [3.8, 4) is 5.75 Å². The Morgan fingerprint density at radius 3 is 2.81 bits per heavy atom. The second-order valence-electron chi connectivity index (χ2n) is 5.87. The lowest BCUT2D eigenvalue weighted by Crippen LogP contribution is -2.35. The molecule has 10 heteroatoms. The Hall–Kier alpha value is -2.04. The maximum atomic E-state index is 14.7. The fraction of sp³-hybridized carbons (Fsp3) is 0.312. The molecule has 0 bridgehead atoms. The number of hydrogen-bond donors (Lipinski definition) is 2. The van der Waals surface area contributed by atoms with Gasteiger partial charge in [0.2, 0.25) is 0 Å². The van der Waals surface area contributed by atoms with E-state index in [0.717, 1.165) is 29.5 Å². The highest BCUT2D eigenvalue weighted by Crippen LogP contribution is 2.31. The van der Waals surface area contributed by atoms with Gasteiger partial charge in [-0.1, -0.05) is 5.57 Å². The number of rotatable bonds is 5. The van der Waals surface area contributed by atoms with Crippen LogP contribution < -0.4 is 14.8 Å². The maximum Gasteiger partial charge on any atom is 0.269 e. The minimum absolute atomic E-state index is 0.0238. The third-order valence-corrected chi connectivity index (χ3v) is 5.99. The monoisotopic (exact) mass is 401 g/mol. The van der Waals surface area contributed by atoms with Crippen LogP contribution in [0.25, 0.3) is 0 Å².